The molecule has 0 bridgehead atoms. The summed E-state index contributed by atoms with van der Waals surface area (Å²) < 4.78 is 0. The van der Waals surface area contributed by atoms with Gasteiger partial charge in [-0.2, -0.15) is 0 Å². The molecular formula is C50H36FeP2. The molecule has 10 radical (unpaired) electrons. The third-order valence-electron chi connectivity index (χ3n) is 9.84. The third-order valence-corrected chi connectivity index (χ3v) is 15.0. The average Bonchev–Trinajstić information content (AvgIpc) is 3.95. The zero-order valence-corrected chi connectivity index (χ0v) is 31.9. The summed E-state index contributed by atoms with van der Waals surface area (Å²) >= 11 is 0. The molecule has 3 heteroatoms. The summed E-state index contributed by atoms with van der Waals surface area (Å²) in [5, 5.41) is 16.4. The van der Waals surface area contributed by atoms with Crippen LogP contribution in [0.2, 0.25) is 0 Å². The molecule has 8 aromatic rings. The molecule has 0 spiro atoms. The van der Waals surface area contributed by atoms with Gasteiger partial charge in [-0.1, -0.05) is 170 Å². The first-order chi connectivity index (χ1) is 25.8. The van der Waals surface area contributed by atoms with Crippen molar-refractivity contribution in [2.75, 3.05) is 0 Å². The van der Waals surface area contributed by atoms with Gasteiger partial charge in [0.2, 0.25) is 0 Å². The van der Waals surface area contributed by atoms with Crippen LogP contribution in [0.5, 0.6) is 0 Å². The van der Waals surface area contributed by atoms with Crippen molar-refractivity contribution in [1.82, 2.24) is 0 Å². The van der Waals surface area contributed by atoms with Gasteiger partial charge >= 0.3 is 0 Å². The van der Waals surface area contributed by atoms with Crippen molar-refractivity contribution in [3.63, 3.8) is 0 Å². The van der Waals surface area contributed by atoms with Gasteiger partial charge in [0.25, 0.3) is 0 Å². The molecule has 0 atom stereocenters. The van der Waals surface area contributed by atoms with Crippen LogP contribution in [0, 0.1) is 62.7 Å². The maximum atomic E-state index is 2.31. The van der Waals surface area contributed by atoms with E-state index in [1.165, 1.54) is 75.6 Å². The molecule has 53 heavy (non-hydrogen) atoms. The van der Waals surface area contributed by atoms with Crippen molar-refractivity contribution in [3.05, 3.63) is 233 Å². The monoisotopic (exact) mass is 754 g/mol. The Bertz CT molecular complexity index is 2120. The van der Waals surface area contributed by atoms with Crippen LogP contribution in [0.15, 0.2) is 170 Å². The molecule has 0 unspecified atom stereocenters. The average molecular weight is 755 g/mol. The van der Waals surface area contributed by atoms with Gasteiger partial charge < -0.3 is 0 Å². The van der Waals surface area contributed by atoms with Gasteiger partial charge in [-0.05, 0) is 132 Å². The van der Waals surface area contributed by atoms with E-state index in [4.69, 9.17) is 0 Å². The molecule has 10 rings (SSSR count). The summed E-state index contributed by atoms with van der Waals surface area (Å²) in [5.41, 5.74) is 2.82. The van der Waals surface area contributed by atoms with Gasteiger partial charge in [0, 0.05) is 28.4 Å². The molecule has 2 aliphatic carbocycles. The molecule has 0 saturated heterocycles. The Morgan fingerprint density at radius 1 is 0.245 bits per heavy atom. The number of benzene rings is 8. The summed E-state index contributed by atoms with van der Waals surface area (Å²) in [4.78, 5) is 0. The van der Waals surface area contributed by atoms with Crippen molar-refractivity contribution >= 4 is 80.2 Å². The summed E-state index contributed by atoms with van der Waals surface area (Å²) in [6, 6.07) is 61.8. The van der Waals surface area contributed by atoms with E-state index < -0.39 is 15.8 Å². The SMILES string of the molecule is [CH]1[CH][CH][C](P(c2cccc3ccccc23)c2cccc3ccccc23)[CH]1.[CH]1[CH][CH][C](P(c2cccc3ccccc23)c2cccc3ccccc23)[CH]1.[Fe]. The second kappa shape index (κ2) is 16.7. The van der Waals surface area contributed by atoms with Crippen LogP contribution in [0.1, 0.15) is 0 Å². The molecule has 0 N–H and O–H groups in total. The van der Waals surface area contributed by atoms with Crippen LogP contribution in [-0.4, -0.2) is 0 Å². The van der Waals surface area contributed by atoms with Crippen molar-refractivity contribution in [1.29, 1.82) is 0 Å². The normalized spacial score (nSPS) is 15.0. The molecule has 0 aromatic heterocycles. The van der Waals surface area contributed by atoms with Crippen LogP contribution < -0.4 is 21.2 Å². The Morgan fingerprint density at radius 2 is 0.472 bits per heavy atom. The van der Waals surface area contributed by atoms with Crippen LogP contribution in [-0.2, 0) is 17.1 Å². The van der Waals surface area contributed by atoms with E-state index in [0.717, 1.165) is 0 Å². The molecule has 2 aliphatic rings. The maximum absolute atomic E-state index is 2.31. The molecule has 0 amide bonds. The summed E-state index contributed by atoms with van der Waals surface area (Å²) in [6.07, 6.45) is 17.7. The molecule has 0 aliphatic heterocycles. The van der Waals surface area contributed by atoms with Gasteiger partial charge in [-0.3, -0.25) is 0 Å². The van der Waals surface area contributed by atoms with Crippen LogP contribution in [0.25, 0.3) is 43.1 Å². The minimum absolute atomic E-state index is 0. The number of hydrogen-bond acceptors (Lipinski definition) is 0. The summed E-state index contributed by atoms with van der Waals surface area (Å²) in [7, 11) is -1.22. The predicted molar refractivity (Wildman–Crippen MR) is 229 cm³/mol. The summed E-state index contributed by atoms with van der Waals surface area (Å²) in [5.74, 6) is 0. The Labute approximate surface area is 328 Å². The third kappa shape index (κ3) is 7.36. The zero-order chi connectivity index (χ0) is 34.7. The van der Waals surface area contributed by atoms with Crippen molar-refractivity contribution in [3.8, 4) is 0 Å². The van der Waals surface area contributed by atoms with E-state index in [1.54, 1.807) is 0 Å². The van der Waals surface area contributed by atoms with Crippen LogP contribution in [0.4, 0.5) is 0 Å². The maximum Gasteiger partial charge on any atom is 0.0162 e. The molecule has 0 heterocycles. The Hall–Kier alpha value is -3.82. The molecule has 2 fully saturated rings. The number of fused-ring (bicyclic) bond motifs is 4. The van der Waals surface area contributed by atoms with Crippen LogP contribution in [0.3, 0.4) is 0 Å². The number of hydrogen-bond donors (Lipinski definition) is 0. The quantitative estimate of drug-likeness (QED) is 0.117. The van der Waals surface area contributed by atoms with Crippen LogP contribution >= 0.6 is 15.8 Å². The second-order valence-electron chi connectivity index (χ2n) is 13.0. The van der Waals surface area contributed by atoms with E-state index >= 15 is 0 Å². The fourth-order valence-corrected chi connectivity index (χ4v) is 12.7. The fourth-order valence-electron chi connectivity index (χ4n) is 7.45. The zero-order valence-electron chi connectivity index (χ0n) is 29.0. The van der Waals surface area contributed by atoms with Crippen molar-refractivity contribution in [2.45, 2.75) is 0 Å². The van der Waals surface area contributed by atoms with E-state index in [-0.39, 0.29) is 17.1 Å². The minimum Gasteiger partial charge on any atom is -0.0616 e. The van der Waals surface area contributed by atoms with Gasteiger partial charge in [-0.25, -0.2) is 0 Å². The predicted octanol–water partition coefficient (Wildman–Crippen LogP) is 11.6. The van der Waals surface area contributed by atoms with E-state index in [1.807, 2.05) is 0 Å². The van der Waals surface area contributed by atoms with Gasteiger partial charge in [0.1, 0.15) is 0 Å². The first kappa shape index (κ1) is 36.2. The summed E-state index contributed by atoms with van der Waals surface area (Å²) in [6.45, 7) is 0. The standard InChI is InChI=1S/2C25H18P.Fe/c2*1-5-15-22-19(9-1)11-7-17-24(22)26(21-13-3-4-14-21)25-18-8-12-20-10-2-6-16-23(20)25;/h2*1-18H;. The Kier molecular flexibility index (Phi) is 11.4. The number of rotatable bonds is 6. The van der Waals surface area contributed by atoms with Crippen molar-refractivity contribution in [2.24, 2.45) is 0 Å². The Morgan fingerprint density at radius 3 is 0.736 bits per heavy atom. The molecule has 8 aromatic carbocycles. The van der Waals surface area contributed by atoms with Gasteiger partial charge in [0.05, 0.1) is 0 Å². The molecular weight excluding hydrogens is 718 g/mol. The Balaban J connectivity index is 0.000000148. The topological polar surface area (TPSA) is 0 Å². The van der Waals surface area contributed by atoms with Gasteiger partial charge in [-0.15, -0.1) is 0 Å². The van der Waals surface area contributed by atoms with E-state index in [2.05, 4.69) is 221 Å². The minimum atomic E-state index is -0.609. The first-order valence-corrected chi connectivity index (χ1v) is 20.5. The second-order valence-corrected chi connectivity index (χ2v) is 17.3. The van der Waals surface area contributed by atoms with Crippen molar-refractivity contribution < 1.29 is 17.1 Å². The molecule has 2 saturated carbocycles. The molecule has 0 nitrogen and oxygen atoms in total. The first-order valence-electron chi connectivity index (χ1n) is 17.8. The molecule has 254 valence electrons. The van der Waals surface area contributed by atoms with E-state index in [9.17, 15) is 0 Å². The van der Waals surface area contributed by atoms with E-state index in [0.29, 0.717) is 0 Å². The van der Waals surface area contributed by atoms with Gasteiger partial charge in [0.15, 0.2) is 0 Å². The largest absolute Gasteiger partial charge is 0.0616 e. The smallest absolute Gasteiger partial charge is 0.0162 e. The fraction of sp³-hybridized carbons (Fsp3) is 0.